The summed E-state index contributed by atoms with van der Waals surface area (Å²) in [5.74, 6) is 1.14. The lowest BCUT2D eigenvalue weighted by atomic mass is 10.2. The first-order valence-electron chi connectivity index (χ1n) is 7.55. The Morgan fingerprint density at radius 2 is 1.96 bits per heavy atom. The van der Waals surface area contributed by atoms with Crippen LogP contribution in [0, 0.1) is 6.92 Å². The molecule has 0 spiro atoms. The van der Waals surface area contributed by atoms with Gasteiger partial charge in [0.25, 0.3) is 0 Å². The van der Waals surface area contributed by atoms with Crippen molar-refractivity contribution < 1.29 is 9.21 Å². The smallest absolute Gasteiger partial charge is 0.248 e. The first-order valence-corrected chi connectivity index (χ1v) is 7.55. The largest absolute Gasteiger partial charge is 0.465 e. The lowest BCUT2D eigenvalue weighted by Crippen LogP contribution is -2.08. The lowest BCUT2D eigenvalue weighted by Gasteiger charge is -2.05. The fourth-order valence-electron chi connectivity index (χ4n) is 2.24. The van der Waals surface area contributed by atoms with Crippen LogP contribution in [0.1, 0.15) is 18.4 Å². The number of nitrogens with zero attached hydrogens (tertiary/aromatic N) is 2. The van der Waals surface area contributed by atoms with Crippen molar-refractivity contribution in [3.8, 4) is 11.4 Å². The predicted molar refractivity (Wildman–Crippen MR) is 93.2 cm³/mol. The molecular weight excluding hydrogens is 302 g/mol. The number of aryl methyl sites for hydroxylation is 1. The number of rotatable bonds is 4. The van der Waals surface area contributed by atoms with E-state index in [2.05, 4.69) is 15.3 Å². The van der Waals surface area contributed by atoms with Crippen LogP contribution in [0.2, 0.25) is 0 Å². The molecule has 5 nitrogen and oxygen atoms in total. The molecule has 5 heteroatoms. The van der Waals surface area contributed by atoms with Gasteiger partial charge < -0.3 is 9.73 Å². The van der Waals surface area contributed by atoms with Crippen LogP contribution < -0.4 is 5.32 Å². The van der Waals surface area contributed by atoms with E-state index in [-0.39, 0.29) is 5.91 Å². The van der Waals surface area contributed by atoms with Gasteiger partial charge >= 0.3 is 0 Å². The number of furan rings is 1. The van der Waals surface area contributed by atoms with Crippen LogP contribution in [0.4, 0.5) is 5.69 Å². The Labute approximate surface area is 140 Å². The third-order valence-electron chi connectivity index (χ3n) is 3.46. The molecule has 0 atom stereocenters. The normalized spacial score (nSPS) is 11.3. The molecule has 0 unspecified atom stereocenters. The summed E-state index contributed by atoms with van der Waals surface area (Å²) in [6.07, 6.45) is 4.82. The van der Waals surface area contributed by atoms with Crippen LogP contribution in [-0.2, 0) is 4.79 Å². The molecule has 2 heterocycles. The summed E-state index contributed by atoms with van der Waals surface area (Å²) in [4.78, 5) is 20.7. The molecule has 2 aromatic heterocycles. The van der Waals surface area contributed by atoms with Crippen molar-refractivity contribution in [1.82, 2.24) is 9.97 Å². The van der Waals surface area contributed by atoms with Gasteiger partial charge in [0.2, 0.25) is 5.91 Å². The summed E-state index contributed by atoms with van der Waals surface area (Å²) in [5.41, 5.74) is 3.29. The molecule has 3 aromatic rings. The van der Waals surface area contributed by atoms with E-state index in [0.717, 1.165) is 16.8 Å². The van der Waals surface area contributed by atoms with E-state index in [0.29, 0.717) is 17.3 Å². The van der Waals surface area contributed by atoms with Crippen LogP contribution >= 0.6 is 0 Å². The van der Waals surface area contributed by atoms with Gasteiger partial charge in [-0.15, -0.1) is 0 Å². The quantitative estimate of drug-likeness (QED) is 0.736. The second kappa shape index (κ2) is 6.91. The lowest BCUT2D eigenvalue weighted by molar-refractivity contribution is -0.111. The maximum Gasteiger partial charge on any atom is 0.248 e. The van der Waals surface area contributed by atoms with Gasteiger partial charge in [-0.3, -0.25) is 4.79 Å². The Bertz CT molecular complexity index is 866. The number of carbonyl (C=O) groups excluding carboxylic acids is 1. The van der Waals surface area contributed by atoms with Crippen molar-refractivity contribution in [1.29, 1.82) is 0 Å². The number of hydrogen-bond acceptors (Lipinski definition) is 4. The highest BCUT2D eigenvalue weighted by atomic mass is 16.3. The number of aromatic nitrogens is 2. The molecule has 120 valence electrons. The average molecular weight is 319 g/mol. The van der Waals surface area contributed by atoms with Crippen LogP contribution in [0.5, 0.6) is 0 Å². The summed E-state index contributed by atoms with van der Waals surface area (Å²) >= 11 is 0. The second-order valence-corrected chi connectivity index (χ2v) is 5.39. The van der Waals surface area contributed by atoms with Crippen molar-refractivity contribution in [2.24, 2.45) is 0 Å². The zero-order valence-electron chi connectivity index (χ0n) is 13.5. The SMILES string of the molecule is CC(=CC(=O)Nc1ccc(-c2nccc(C)n2)cc1)c1ccco1. The van der Waals surface area contributed by atoms with E-state index in [1.807, 2.05) is 50.2 Å². The summed E-state index contributed by atoms with van der Waals surface area (Å²) in [7, 11) is 0. The minimum atomic E-state index is -0.205. The van der Waals surface area contributed by atoms with Gasteiger partial charge in [0.05, 0.1) is 6.26 Å². The fraction of sp³-hybridized carbons (Fsp3) is 0.105. The standard InChI is InChI=1S/C19H17N3O2/c1-13(17-4-3-11-24-17)12-18(23)22-16-7-5-15(6-8-16)19-20-10-9-14(2)21-19/h3-12H,1-2H3,(H,22,23). The van der Waals surface area contributed by atoms with E-state index in [9.17, 15) is 4.79 Å². The zero-order chi connectivity index (χ0) is 16.9. The van der Waals surface area contributed by atoms with Crippen molar-refractivity contribution in [3.63, 3.8) is 0 Å². The molecule has 0 aliphatic heterocycles. The van der Waals surface area contributed by atoms with Gasteiger partial charge in [-0.05, 0) is 61.9 Å². The number of hydrogen-bond donors (Lipinski definition) is 1. The molecule has 0 saturated carbocycles. The molecule has 1 aromatic carbocycles. The Morgan fingerprint density at radius 1 is 1.17 bits per heavy atom. The molecule has 0 saturated heterocycles. The van der Waals surface area contributed by atoms with Gasteiger partial charge in [0.1, 0.15) is 5.76 Å². The maximum atomic E-state index is 12.1. The number of anilines is 1. The highest BCUT2D eigenvalue weighted by Gasteiger charge is 2.05. The first-order chi connectivity index (χ1) is 11.6. The average Bonchev–Trinajstić information content (AvgIpc) is 3.10. The minimum Gasteiger partial charge on any atom is -0.465 e. The monoisotopic (exact) mass is 319 g/mol. The molecule has 3 rings (SSSR count). The summed E-state index contributed by atoms with van der Waals surface area (Å²) in [5, 5.41) is 2.83. The summed E-state index contributed by atoms with van der Waals surface area (Å²) < 4.78 is 5.26. The van der Waals surface area contributed by atoms with Crippen molar-refractivity contribution >= 4 is 17.2 Å². The molecule has 0 aliphatic rings. The Morgan fingerprint density at radius 3 is 2.62 bits per heavy atom. The molecule has 1 N–H and O–H groups in total. The Balaban J connectivity index is 1.70. The molecule has 0 fully saturated rings. The molecule has 1 amide bonds. The fourth-order valence-corrected chi connectivity index (χ4v) is 2.24. The third-order valence-corrected chi connectivity index (χ3v) is 3.46. The van der Waals surface area contributed by atoms with Crippen LogP contribution in [0.3, 0.4) is 0 Å². The van der Waals surface area contributed by atoms with Crippen molar-refractivity contribution in [2.75, 3.05) is 5.32 Å². The molecule has 0 radical (unpaired) electrons. The van der Waals surface area contributed by atoms with Gasteiger partial charge in [-0.2, -0.15) is 0 Å². The topological polar surface area (TPSA) is 68.0 Å². The number of amides is 1. The van der Waals surface area contributed by atoms with Crippen LogP contribution in [0.15, 0.2) is 65.4 Å². The predicted octanol–water partition coefficient (Wildman–Crippen LogP) is 4.09. The van der Waals surface area contributed by atoms with Crippen molar-refractivity contribution in [2.45, 2.75) is 13.8 Å². The van der Waals surface area contributed by atoms with E-state index < -0.39 is 0 Å². The number of carbonyl (C=O) groups is 1. The second-order valence-electron chi connectivity index (χ2n) is 5.39. The van der Waals surface area contributed by atoms with E-state index >= 15 is 0 Å². The van der Waals surface area contributed by atoms with E-state index in [4.69, 9.17) is 4.42 Å². The molecule has 0 bridgehead atoms. The minimum absolute atomic E-state index is 0.205. The number of benzene rings is 1. The molecule has 0 aliphatic carbocycles. The number of nitrogens with one attached hydrogen (secondary N) is 1. The number of allylic oxidation sites excluding steroid dienone is 1. The Hall–Kier alpha value is -3.21. The van der Waals surface area contributed by atoms with E-state index in [1.54, 1.807) is 18.5 Å². The first kappa shape index (κ1) is 15.7. The zero-order valence-corrected chi connectivity index (χ0v) is 13.5. The van der Waals surface area contributed by atoms with Gasteiger partial charge in [-0.1, -0.05) is 0 Å². The molecule has 24 heavy (non-hydrogen) atoms. The van der Waals surface area contributed by atoms with Gasteiger partial charge in [0, 0.05) is 29.2 Å². The van der Waals surface area contributed by atoms with Crippen molar-refractivity contribution in [3.05, 3.63) is 72.5 Å². The van der Waals surface area contributed by atoms with Gasteiger partial charge in [-0.25, -0.2) is 9.97 Å². The molecular formula is C19H17N3O2. The van der Waals surface area contributed by atoms with Gasteiger partial charge in [0.15, 0.2) is 5.82 Å². The highest BCUT2D eigenvalue weighted by Crippen LogP contribution is 2.19. The Kier molecular flexibility index (Phi) is 4.52. The highest BCUT2D eigenvalue weighted by molar-refractivity contribution is 6.03. The third kappa shape index (κ3) is 3.76. The summed E-state index contributed by atoms with van der Waals surface area (Å²) in [6.45, 7) is 3.75. The maximum absolute atomic E-state index is 12.1. The van der Waals surface area contributed by atoms with Crippen LogP contribution in [-0.4, -0.2) is 15.9 Å². The van der Waals surface area contributed by atoms with E-state index in [1.165, 1.54) is 6.08 Å². The van der Waals surface area contributed by atoms with Crippen LogP contribution in [0.25, 0.3) is 17.0 Å². The summed E-state index contributed by atoms with van der Waals surface area (Å²) in [6, 6.07) is 12.9.